The van der Waals surface area contributed by atoms with Gasteiger partial charge in [-0.05, 0) is 42.3 Å². The second-order valence-corrected chi connectivity index (χ2v) is 4.33. The smallest absolute Gasteiger partial charge is 0.224 e. The Morgan fingerprint density at radius 1 is 1.15 bits per heavy atom. The molecule has 0 heterocycles. The molecule has 0 saturated heterocycles. The summed E-state index contributed by atoms with van der Waals surface area (Å²) in [6.45, 7) is 0. The van der Waals surface area contributed by atoms with Crippen molar-refractivity contribution in [1.82, 2.24) is 0 Å². The van der Waals surface area contributed by atoms with Gasteiger partial charge in [0.1, 0.15) is 5.82 Å². The molecule has 0 radical (unpaired) electrons. The van der Waals surface area contributed by atoms with Gasteiger partial charge in [-0.1, -0.05) is 18.2 Å². The van der Waals surface area contributed by atoms with Gasteiger partial charge >= 0.3 is 0 Å². The quantitative estimate of drug-likeness (QED) is 0.925. The number of nitriles is 1. The zero-order valence-corrected chi connectivity index (χ0v) is 10.8. The summed E-state index contributed by atoms with van der Waals surface area (Å²) >= 11 is 0. The van der Waals surface area contributed by atoms with Crippen molar-refractivity contribution in [2.75, 3.05) is 5.32 Å². The van der Waals surface area contributed by atoms with Crippen LogP contribution in [0, 0.1) is 17.1 Å². The van der Waals surface area contributed by atoms with Crippen molar-refractivity contribution in [3.63, 3.8) is 0 Å². The van der Waals surface area contributed by atoms with Crippen LogP contribution in [0.25, 0.3) is 0 Å². The predicted octanol–water partition coefficient (Wildman–Crippen LogP) is 3.27. The lowest BCUT2D eigenvalue weighted by Crippen LogP contribution is -2.12. The van der Waals surface area contributed by atoms with Crippen LogP contribution in [0.5, 0.6) is 0 Å². The van der Waals surface area contributed by atoms with Crippen molar-refractivity contribution in [1.29, 1.82) is 5.26 Å². The second-order valence-electron chi connectivity index (χ2n) is 4.33. The van der Waals surface area contributed by atoms with Gasteiger partial charge in [-0.2, -0.15) is 5.26 Å². The van der Waals surface area contributed by atoms with Crippen LogP contribution in [0.4, 0.5) is 10.1 Å². The fourth-order valence-corrected chi connectivity index (χ4v) is 1.80. The van der Waals surface area contributed by atoms with Crippen molar-refractivity contribution >= 4 is 11.6 Å². The minimum atomic E-state index is -0.293. The topological polar surface area (TPSA) is 52.9 Å². The molecule has 3 nitrogen and oxygen atoms in total. The van der Waals surface area contributed by atoms with Crippen molar-refractivity contribution < 1.29 is 9.18 Å². The van der Waals surface area contributed by atoms with E-state index in [1.807, 2.05) is 6.07 Å². The van der Waals surface area contributed by atoms with Gasteiger partial charge in [0, 0.05) is 12.1 Å². The van der Waals surface area contributed by atoms with E-state index in [1.54, 1.807) is 42.5 Å². The minimum absolute atomic E-state index is 0.182. The predicted molar refractivity (Wildman–Crippen MR) is 74.5 cm³/mol. The Kier molecular flexibility index (Phi) is 4.46. The zero-order valence-electron chi connectivity index (χ0n) is 10.8. The van der Waals surface area contributed by atoms with E-state index in [4.69, 9.17) is 5.26 Å². The van der Waals surface area contributed by atoms with Crippen LogP contribution in [0.2, 0.25) is 0 Å². The lowest BCUT2D eigenvalue weighted by atomic mass is 10.1. The molecule has 0 unspecified atom stereocenters. The van der Waals surface area contributed by atoms with Gasteiger partial charge in [0.15, 0.2) is 0 Å². The maximum absolute atomic E-state index is 13.4. The molecule has 0 aliphatic rings. The van der Waals surface area contributed by atoms with Gasteiger partial charge in [-0.3, -0.25) is 4.79 Å². The summed E-state index contributed by atoms with van der Waals surface area (Å²) in [7, 11) is 0. The minimum Gasteiger partial charge on any atom is -0.326 e. The van der Waals surface area contributed by atoms with Crippen LogP contribution in [0.15, 0.2) is 48.5 Å². The molecular weight excluding hydrogens is 255 g/mol. The first-order chi connectivity index (χ1) is 9.69. The van der Waals surface area contributed by atoms with Crippen LogP contribution in [-0.2, 0) is 11.2 Å². The zero-order chi connectivity index (χ0) is 14.4. The molecule has 2 aromatic rings. The number of nitrogens with zero attached hydrogens (tertiary/aromatic N) is 1. The Labute approximate surface area is 116 Å². The molecular formula is C16H13FN2O. The molecule has 0 saturated carbocycles. The van der Waals surface area contributed by atoms with E-state index in [-0.39, 0.29) is 18.1 Å². The summed E-state index contributed by atoms with van der Waals surface area (Å²) in [4.78, 5) is 11.8. The van der Waals surface area contributed by atoms with Crippen LogP contribution in [0.1, 0.15) is 17.5 Å². The first-order valence-corrected chi connectivity index (χ1v) is 6.22. The largest absolute Gasteiger partial charge is 0.326 e. The second kappa shape index (κ2) is 6.48. The summed E-state index contributed by atoms with van der Waals surface area (Å²) in [5.74, 6) is -0.475. The maximum atomic E-state index is 13.4. The highest BCUT2D eigenvalue weighted by Crippen LogP contribution is 2.12. The van der Waals surface area contributed by atoms with Crippen molar-refractivity contribution in [3.8, 4) is 6.07 Å². The SMILES string of the molecule is N#Cc1ccc(NC(=O)CCc2ccccc2F)cc1. The molecule has 1 amide bonds. The van der Waals surface area contributed by atoms with Gasteiger partial charge in [0.05, 0.1) is 11.6 Å². The van der Waals surface area contributed by atoms with E-state index in [1.165, 1.54) is 6.07 Å². The number of aryl methyl sites for hydroxylation is 1. The van der Waals surface area contributed by atoms with Gasteiger partial charge in [0.25, 0.3) is 0 Å². The average molecular weight is 268 g/mol. The normalized spacial score (nSPS) is 9.80. The van der Waals surface area contributed by atoms with Crippen LogP contribution >= 0.6 is 0 Å². The van der Waals surface area contributed by atoms with E-state index in [2.05, 4.69) is 5.32 Å². The molecule has 2 rings (SSSR count). The highest BCUT2D eigenvalue weighted by atomic mass is 19.1. The number of benzene rings is 2. The van der Waals surface area contributed by atoms with Crippen LogP contribution in [0.3, 0.4) is 0 Å². The lowest BCUT2D eigenvalue weighted by Gasteiger charge is -2.06. The monoisotopic (exact) mass is 268 g/mol. The number of rotatable bonds is 4. The van der Waals surface area contributed by atoms with Gasteiger partial charge < -0.3 is 5.32 Å². The number of carbonyl (C=O) groups is 1. The van der Waals surface area contributed by atoms with Crippen molar-refractivity contribution in [3.05, 3.63) is 65.5 Å². The first-order valence-electron chi connectivity index (χ1n) is 6.22. The van der Waals surface area contributed by atoms with E-state index < -0.39 is 0 Å². The van der Waals surface area contributed by atoms with Crippen LogP contribution < -0.4 is 5.32 Å². The molecule has 0 aliphatic carbocycles. The Morgan fingerprint density at radius 2 is 1.85 bits per heavy atom. The number of anilines is 1. The summed E-state index contributed by atoms with van der Waals surface area (Å²) < 4.78 is 13.4. The Balaban J connectivity index is 1.89. The molecule has 0 fully saturated rings. The molecule has 1 N–H and O–H groups in total. The van der Waals surface area contributed by atoms with E-state index in [9.17, 15) is 9.18 Å². The number of amides is 1. The fraction of sp³-hybridized carbons (Fsp3) is 0.125. The number of hydrogen-bond donors (Lipinski definition) is 1. The van der Waals surface area contributed by atoms with E-state index >= 15 is 0 Å². The highest BCUT2D eigenvalue weighted by molar-refractivity contribution is 5.90. The van der Waals surface area contributed by atoms with Gasteiger partial charge in [-0.25, -0.2) is 4.39 Å². The third-order valence-corrected chi connectivity index (χ3v) is 2.88. The number of hydrogen-bond acceptors (Lipinski definition) is 2. The average Bonchev–Trinajstić information content (AvgIpc) is 2.47. The number of carbonyl (C=O) groups excluding carboxylic acids is 1. The molecule has 20 heavy (non-hydrogen) atoms. The third kappa shape index (κ3) is 3.66. The first kappa shape index (κ1) is 13.8. The fourth-order valence-electron chi connectivity index (χ4n) is 1.80. The lowest BCUT2D eigenvalue weighted by molar-refractivity contribution is -0.116. The molecule has 0 atom stereocenters. The standard InChI is InChI=1S/C16H13FN2O/c17-15-4-2-1-3-13(15)7-10-16(20)19-14-8-5-12(11-18)6-9-14/h1-6,8-9H,7,10H2,(H,19,20). The number of halogens is 1. The molecule has 0 bridgehead atoms. The van der Waals surface area contributed by atoms with E-state index in [0.717, 1.165) is 0 Å². The van der Waals surface area contributed by atoms with Crippen molar-refractivity contribution in [2.24, 2.45) is 0 Å². The molecule has 100 valence electrons. The van der Waals surface area contributed by atoms with Crippen molar-refractivity contribution in [2.45, 2.75) is 12.8 Å². The molecule has 0 spiro atoms. The van der Waals surface area contributed by atoms with E-state index in [0.29, 0.717) is 23.2 Å². The third-order valence-electron chi connectivity index (χ3n) is 2.88. The molecule has 0 aromatic heterocycles. The number of nitrogens with one attached hydrogen (secondary N) is 1. The Hall–Kier alpha value is -2.67. The summed E-state index contributed by atoms with van der Waals surface area (Å²) in [5, 5.41) is 11.4. The molecule has 2 aromatic carbocycles. The maximum Gasteiger partial charge on any atom is 0.224 e. The Bertz CT molecular complexity index is 644. The summed E-state index contributed by atoms with van der Waals surface area (Å²) in [5.41, 5.74) is 1.69. The van der Waals surface area contributed by atoms with Gasteiger partial charge in [-0.15, -0.1) is 0 Å². The highest BCUT2D eigenvalue weighted by Gasteiger charge is 2.06. The molecule has 0 aliphatic heterocycles. The Morgan fingerprint density at radius 3 is 2.50 bits per heavy atom. The summed E-state index contributed by atoms with van der Waals surface area (Å²) in [6, 6.07) is 15.0. The molecule has 4 heteroatoms. The summed E-state index contributed by atoms with van der Waals surface area (Å²) in [6.07, 6.45) is 0.565. The van der Waals surface area contributed by atoms with Gasteiger partial charge in [0.2, 0.25) is 5.91 Å². The van der Waals surface area contributed by atoms with Crippen LogP contribution in [-0.4, -0.2) is 5.91 Å².